The number of rotatable bonds is 2. The lowest BCUT2D eigenvalue weighted by Crippen LogP contribution is -2.70. The number of amides is 2. The zero-order valence-electron chi connectivity index (χ0n) is 11.3. The third-order valence-corrected chi connectivity index (χ3v) is 3.69. The average Bonchev–Trinajstić information content (AvgIpc) is 2.37. The minimum atomic E-state index is -1.10. The van der Waals surface area contributed by atoms with E-state index in [-0.39, 0.29) is 18.6 Å². The maximum absolute atomic E-state index is 12.2. The molecule has 2 amide bonds. The third kappa shape index (κ3) is 1.79. The molecule has 0 saturated carbocycles. The first-order chi connectivity index (χ1) is 9.55. The molecule has 0 aliphatic carbocycles. The molecule has 1 aromatic rings. The average molecular weight is 276 g/mol. The van der Waals surface area contributed by atoms with Crippen molar-refractivity contribution < 1.29 is 19.1 Å². The van der Waals surface area contributed by atoms with Crippen molar-refractivity contribution in [2.45, 2.75) is 25.6 Å². The number of hydrogen-bond acceptors (Lipinski definition) is 4. The molecule has 1 fully saturated rings. The summed E-state index contributed by atoms with van der Waals surface area (Å²) in [5.41, 5.74) is -0.314. The highest BCUT2D eigenvalue weighted by Gasteiger charge is 2.56. The zero-order chi connectivity index (χ0) is 14.3. The van der Waals surface area contributed by atoms with Gasteiger partial charge in [0.1, 0.15) is 11.7 Å². The Balaban J connectivity index is 2.08. The fourth-order valence-corrected chi connectivity index (χ4v) is 2.88. The normalized spacial score (nSPS) is 30.4. The molecule has 1 saturated heterocycles. The van der Waals surface area contributed by atoms with E-state index in [9.17, 15) is 9.59 Å². The molecule has 0 spiro atoms. The summed E-state index contributed by atoms with van der Waals surface area (Å²) in [7, 11) is 0. The Hall–Kier alpha value is -2.24. The number of carbonyl (C=O) groups is 2. The molecule has 0 aromatic heterocycles. The molecule has 1 aromatic carbocycles. The number of esters is 1. The van der Waals surface area contributed by atoms with Gasteiger partial charge in [-0.15, -0.1) is 0 Å². The van der Waals surface area contributed by atoms with Crippen LogP contribution in [0.1, 0.15) is 25.5 Å². The van der Waals surface area contributed by atoms with Crippen molar-refractivity contribution in [3.05, 3.63) is 29.8 Å². The summed E-state index contributed by atoms with van der Waals surface area (Å²) in [5, 5.41) is 5.47. The molecule has 106 valence electrons. The Morgan fingerprint density at radius 2 is 2.20 bits per heavy atom. The van der Waals surface area contributed by atoms with Crippen LogP contribution in [0.5, 0.6) is 5.75 Å². The first-order valence-corrected chi connectivity index (χ1v) is 6.58. The van der Waals surface area contributed by atoms with Crippen LogP contribution < -0.4 is 15.4 Å². The number of carbonyl (C=O) groups excluding carboxylic acids is 2. The highest BCUT2D eigenvalue weighted by molar-refractivity contribution is 5.84. The SMILES string of the molecule is CCOC(=O)[C@H]1[C@@H]2NC(=O)NC1(C)Oc1ccccc12. The smallest absolute Gasteiger partial charge is 0.318 e. The van der Waals surface area contributed by atoms with Crippen LogP contribution in [0.15, 0.2) is 24.3 Å². The van der Waals surface area contributed by atoms with Crippen molar-refractivity contribution in [1.29, 1.82) is 0 Å². The second-order valence-electron chi connectivity index (χ2n) is 5.05. The van der Waals surface area contributed by atoms with Gasteiger partial charge >= 0.3 is 12.0 Å². The second-order valence-corrected chi connectivity index (χ2v) is 5.05. The van der Waals surface area contributed by atoms with E-state index in [1.165, 1.54) is 0 Å². The largest absolute Gasteiger partial charge is 0.467 e. The zero-order valence-corrected chi connectivity index (χ0v) is 11.3. The van der Waals surface area contributed by atoms with E-state index < -0.39 is 17.7 Å². The van der Waals surface area contributed by atoms with E-state index in [1.54, 1.807) is 13.8 Å². The Labute approximate surface area is 116 Å². The van der Waals surface area contributed by atoms with E-state index in [2.05, 4.69) is 10.6 Å². The Morgan fingerprint density at radius 1 is 1.45 bits per heavy atom. The molecule has 6 nitrogen and oxygen atoms in total. The molecule has 3 rings (SSSR count). The van der Waals surface area contributed by atoms with Crippen molar-refractivity contribution in [1.82, 2.24) is 10.6 Å². The fraction of sp³-hybridized carbons (Fsp3) is 0.429. The van der Waals surface area contributed by atoms with E-state index in [0.29, 0.717) is 5.75 Å². The van der Waals surface area contributed by atoms with E-state index in [0.717, 1.165) is 5.56 Å². The van der Waals surface area contributed by atoms with Gasteiger partial charge in [-0.3, -0.25) is 10.1 Å². The standard InChI is InChI=1S/C14H16N2O4/c1-3-19-12(17)10-11-8-6-4-5-7-9(8)20-14(10,2)16-13(18)15-11/h4-7,10-11H,3H2,1-2H3,(H2,15,16,18)/t10-,11-,14?/m1/s1. The number of nitrogens with one attached hydrogen (secondary N) is 2. The van der Waals surface area contributed by atoms with Crippen LogP contribution >= 0.6 is 0 Å². The highest BCUT2D eigenvalue weighted by Crippen LogP contribution is 2.44. The Kier molecular flexibility index (Phi) is 2.81. The van der Waals surface area contributed by atoms with Gasteiger partial charge in [0, 0.05) is 5.56 Å². The monoisotopic (exact) mass is 276 g/mol. The first kappa shape index (κ1) is 12.8. The van der Waals surface area contributed by atoms with Crippen LogP contribution in [-0.4, -0.2) is 24.3 Å². The van der Waals surface area contributed by atoms with Gasteiger partial charge in [-0.1, -0.05) is 18.2 Å². The molecule has 2 aliphatic rings. The van der Waals surface area contributed by atoms with Gasteiger partial charge in [0.25, 0.3) is 0 Å². The molecule has 2 bridgehead atoms. The number of hydrogen-bond donors (Lipinski definition) is 2. The lowest BCUT2D eigenvalue weighted by atomic mass is 9.80. The van der Waals surface area contributed by atoms with E-state index in [4.69, 9.17) is 9.47 Å². The predicted octanol–water partition coefficient (Wildman–Crippen LogP) is 1.33. The van der Waals surface area contributed by atoms with Crippen molar-refractivity contribution in [3.8, 4) is 5.75 Å². The van der Waals surface area contributed by atoms with E-state index >= 15 is 0 Å². The first-order valence-electron chi connectivity index (χ1n) is 6.58. The summed E-state index contributed by atoms with van der Waals surface area (Å²) in [6.45, 7) is 3.73. The van der Waals surface area contributed by atoms with Gasteiger partial charge in [0.15, 0.2) is 5.72 Å². The van der Waals surface area contributed by atoms with Gasteiger partial charge in [0.2, 0.25) is 0 Å². The van der Waals surface area contributed by atoms with Crippen LogP contribution in [-0.2, 0) is 9.53 Å². The van der Waals surface area contributed by atoms with Gasteiger partial charge < -0.3 is 14.8 Å². The maximum Gasteiger partial charge on any atom is 0.318 e. The van der Waals surface area contributed by atoms with Crippen LogP contribution in [0.3, 0.4) is 0 Å². The molecule has 2 N–H and O–H groups in total. The number of ether oxygens (including phenoxy) is 2. The van der Waals surface area contributed by atoms with Crippen LogP contribution in [0.25, 0.3) is 0 Å². The van der Waals surface area contributed by atoms with Crippen molar-refractivity contribution in [2.24, 2.45) is 5.92 Å². The summed E-state index contributed by atoms with van der Waals surface area (Å²) in [6.07, 6.45) is 0. The molecule has 2 heterocycles. The van der Waals surface area contributed by atoms with E-state index in [1.807, 2.05) is 24.3 Å². The Morgan fingerprint density at radius 3 is 2.95 bits per heavy atom. The number of para-hydroxylation sites is 1. The highest BCUT2D eigenvalue weighted by atomic mass is 16.5. The number of benzene rings is 1. The predicted molar refractivity (Wildman–Crippen MR) is 70.0 cm³/mol. The lowest BCUT2D eigenvalue weighted by Gasteiger charge is -2.48. The van der Waals surface area contributed by atoms with Gasteiger partial charge in [-0.2, -0.15) is 0 Å². The molecule has 2 aliphatic heterocycles. The molecule has 3 atom stereocenters. The molecular formula is C14H16N2O4. The van der Waals surface area contributed by atoms with Crippen molar-refractivity contribution in [3.63, 3.8) is 0 Å². The molecular weight excluding hydrogens is 260 g/mol. The lowest BCUT2D eigenvalue weighted by molar-refractivity contribution is -0.162. The van der Waals surface area contributed by atoms with Crippen LogP contribution in [0.4, 0.5) is 4.79 Å². The topological polar surface area (TPSA) is 76.7 Å². The van der Waals surface area contributed by atoms with Crippen LogP contribution in [0, 0.1) is 5.92 Å². The number of fused-ring (bicyclic) bond motifs is 4. The molecule has 0 radical (unpaired) electrons. The summed E-state index contributed by atoms with van der Waals surface area (Å²) in [6, 6.07) is 6.56. The van der Waals surface area contributed by atoms with Crippen molar-refractivity contribution >= 4 is 12.0 Å². The minimum Gasteiger partial charge on any atom is -0.467 e. The number of urea groups is 1. The van der Waals surface area contributed by atoms with Gasteiger partial charge in [0.05, 0.1) is 12.6 Å². The summed E-state index contributed by atoms with van der Waals surface area (Å²) in [4.78, 5) is 24.0. The summed E-state index contributed by atoms with van der Waals surface area (Å²) < 4.78 is 11.0. The maximum atomic E-state index is 12.2. The second kappa shape index (κ2) is 4.40. The Bertz CT molecular complexity index is 574. The molecule has 1 unspecified atom stereocenters. The molecule has 20 heavy (non-hydrogen) atoms. The minimum absolute atomic E-state index is 0.285. The van der Waals surface area contributed by atoms with Crippen LogP contribution in [0.2, 0.25) is 0 Å². The van der Waals surface area contributed by atoms with Gasteiger partial charge in [-0.05, 0) is 19.9 Å². The summed E-state index contributed by atoms with van der Waals surface area (Å²) >= 11 is 0. The molecule has 6 heteroatoms. The third-order valence-electron chi connectivity index (χ3n) is 3.69. The van der Waals surface area contributed by atoms with Gasteiger partial charge in [-0.25, -0.2) is 4.79 Å². The fourth-order valence-electron chi connectivity index (χ4n) is 2.88. The van der Waals surface area contributed by atoms with Crippen molar-refractivity contribution in [2.75, 3.05) is 6.61 Å². The summed E-state index contributed by atoms with van der Waals surface area (Å²) in [5.74, 6) is -0.356. The quantitative estimate of drug-likeness (QED) is 0.799.